The first-order valence-electron chi connectivity index (χ1n) is 11.4. The molecule has 0 saturated carbocycles. The molecule has 8 nitrogen and oxygen atoms in total. The highest BCUT2D eigenvalue weighted by molar-refractivity contribution is 14.0. The van der Waals surface area contributed by atoms with Gasteiger partial charge in [0.05, 0.1) is 6.54 Å². The number of aromatic nitrogens is 3. The fraction of sp³-hybridized carbons (Fsp3) is 0.857. The molecule has 0 spiro atoms. The van der Waals surface area contributed by atoms with Gasteiger partial charge < -0.3 is 20.3 Å². The number of aliphatic imine (C=N–C) groups is 1. The lowest BCUT2D eigenvalue weighted by Gasteiger charge is -2.33. The third-order valence-corrected chi connectivity index (χ3v) is 5.92. The number of piperidine rings is 1. The molecule has 9 heteroatoms. The Bertz CT molecular complexity index is 651. The smallest absolute Gasteiger partial charge is 0.191 e. The van der Waals surface area contributed by atoms with E-state index < -0.39 is 0 Å². The van der Waals surface area contributed by atoms with E-state index in [-0.39, 0.29) is 24.0 Å². The van der Waals surface area contributed by atoms with Gasteiger partial charge in [-0.1, -0.05) is 6.42 Å². The van der Waals surface area contributed by atoms with Crippen LogP contribution in [0, 0.1) is 0 Å². The molecule has 2 aliphatic heterocycles. The predicted octanol–water partition coefficient (Wildman–Crippen LogP) is 2.57. The SMILES string of the molecule is CCNC(=NCCCCN1CCCCC1C)NC1CCc2nc(COC)nn2C1.I. The first kappa shape index (κ1) is 25.3. The molecule has 0 amide bonds. The van der Waals surface area contributed by atoms with E-state index >= 15 is 0 Å². The molecule has 2 atom stereocenters. The van der Waals surface area contributed by atoms with Gasteiger partial charge in [-0.2, -0.15) is 5.10 Å². The summed E-state index contributed by atoms with van der Waals surface area (Å²) in [5.74, 6) is 2.75. The van der Waals surface area contributed by atoms with Crippen LogP contribution in [-0.2, 0) is 24.3 Å². The van der Waals surface area contributed by atoms with Gasteiger partial charge in [-0.15, -0.1) is 24.0 Å². The normalized spacial score (nSPS) is 22.3. The summed E-state index contributed by atoms with van der Waals surface area (Å²) >= 11 is 0. The quantitative estimate of drug-likeness (QED) is 0.220. The maximum absolute atomic E-state index is 5.15. The molecule has 2 unspecified atom stereocenters. The minimum Gasteiger partial charge on any atom is -0.377 e. The second-order valence-corrected chi connectivity index (χ2v) is 8.29. The fourth-order valence-corrected chi connectivity index (χ4v) is 4.29. The first-order valence-corrected chi connectivity index (χ1v) is 11.4. The van der Waals surface area contributed by atoms with Crippen molar-refractivity contribution in [1.82, 2.24) is 30.3 Å². The van der Waals surface area contributed by atoms with Gasteiger partial charge in [0.15, 0.2) is 11.8 Å². The van der Waals surface area contributed by atoms with E-state index in [2.05, 4.69) is 39.5 Å². The molecule has 2 aliphatic rings. The standard InChI is InChI=1S/C21H39N7O.HI/c1-4-22-21(23-12-6-8-14-27-13-7-5-9-17(27)2)24-18-10-11-20-25-19(16-29-3)26-28(20)15-18;/h17-18H,4-16H2,1-3H3,(H2,22,23,24);1H. The average Bonchev–Trinajstić information content (AvgIpc) is 3.11. The van der Waals surface area contributed by atoms with E-state index in [0.717, 1.165) is 62.5 Å². The summed E-state index contributed by atoms with van der Waals surface area (Å²) in [5.41, 5.74) is 0. The van der Waals surface area contributed by atoms with Crippen molar-refractivity contribution >= 4 is 29.9 Å². The van der Waals surface area contributed by atoms with Gasteiger partial charge in [-0.25, -0.2) is 9.67 Å². The predicted molar refractivity (Wildman–Crippen MR) is 131 cm³/mol. The number of likely N-dealkylation sites (tertiary alicyclic amines) is 1. The number of unbranched alkanes of at least 4 members (excludes halogenated alkanes) is 1. The third kappa shape index (κ3) is 7.64. The zero-order valence-corrected chi connectivity index (χ0v) is 21.2. The van der Waals surface area contributed by atoms with Crippen LogP contribution in [0.1, 0.15) is 64.0 Å². The number of halogens is 1. The number of hydrogen-bond acceptors (Lipinski definition) is 5. The second kappa shape index (κ2) is 13.5. The number of hydrogen-bond donors (Lipinski definition) is 2. The van der Waals surface area contributed by atoms with Gasteiger partial charge in [0.1, 0.15) is 12.4 Å². The lowest BCUT2D eigenvalue weighted by atomic mass is 10.0. The zero-order valence-electron chi connectivity index (χ0n) is 18.9. The van der Waals surface area contributed by atoms with Crippen LogP contribution in [0.3, 0.4) is 0 Å². The Morgan fingerprint density at radius 2 is 2.13 bits per heavy atom. The Morgan fingerprint density at radius 1 is 1.27 bits per heavy atom. The lowest BCUT2D eigenvalue weighted by molar-refractivity contribution is 0.158. The van der Waals surface area contributed by atoms with Crippen LogP contribution in [0.4, 0.5) is 0 Å². The van der Waals surface area contributed by atoms with Crippen LogP contribution in [0.15, 0.2) is 4.99 Å². The molecule has 1 aromatic heterocycles. The summed E-state index contributed by atoms with van der Waals surface area (Å²) < 4.78 is 7.16. The van der Waals surface area contributed by atoms with Crippen molar-refractivity contribution in [2.45, 2.75) is 84.0 Å². The number of nitrogens with one attached hydrogen (secondary N) is 2. The minimum atomic E-state index is 0. The van der Waals surface area contributed by atoms with Crippen molar-refractivity contribution in [2.24, 2.45) is 4.99 Å². The van der Waals surface area contributed by atoms with Gasteiger partial charge in [0.25, 0.3) is 0 Å². The number of nitrogens with zero attached hydrogens (tertiary/aromatic N) is 5. The third-order valence-electron chi connectivity index (χ3n) is 5.92. The van der Waals surface area contributed by atoms with Crippen molar-refractivity contribution in [2.75, 3.05) is 33.3 Å². The van der Waals surface area contributed by atoms with Gasteiger partial charge in [0, 0.05) is 38.7 Å². The Kier molecular flexibility index (Phi) is 11.4. The van der Waals surface area contributed by atoms with E-state index in [1.807, 2.05) is 4.68 Å². The molecule has 2 N–H and O–H groups in total. The molecule has 1 aromatic rings. The molecule has 172 valence electrons. The molecular weight excluding hydrogens is 493 g/mol. The van der Waals surface area contributed by atoms with Crippen molar-refractivity contribution in [1.29, 1.82) is 0 Å². The number of rotatable bonds is 9. The van der Waals surface area contributed by atoms with E-state index in [4.69, 9.17) is 9.73 Å². The van der Waals surface area contributed by atoms with Crippen molar-refractivity contribution in [3.63, 3.8) is 0 Å². The molecule has 0 radical (unpaired) electrons. The number of methoxy groups -OCH3 is 1. The maximum atomic E-state index is 5.15. The largest absolute Gasteiger partial charge is 0.377 e. The van der Waals surface area contributed by atoms with Gasteiger partial charge in [-0.3, -0.25) is 4.99 Å². The monoisotopic (exact) mass is 533 g/mol. The summed E-state index contributed by atoms with van der Waals surface area (Å²) in [7, 11) is 1.68. The van der Waals surface area contributed by atoms with Crippen LogP contribution < -0.4 is 10.6 Å². The molecule has 30 heavy (non-hydrogen) atoms. The van der Waals surface area contributed by atoms with Crippen LogP contribution in [0.2, 0.25) is 0 Å². The first-order chi connectivity index (χ1) is 14.2. The Morgan fingerprint density at radius 3 is 2.90 bits per heavy atom. The molecule has 0 aromatic carbocycles. The van der Waals surface area contributed by atoms with Crippen LogP contribution in [0.5, 0.6) is 0 Å². The van der Waals surface area contributed by atoms with Crippen LogP contribution in [-0.4, -0.2) is 71.0 Å². The number of guanidine groups is 1. The summed E-state index contributed by atoms with van der Waals surface area (Å²) in [6, 6.07) is 1.08. The topological polar surface area (TPSA) is 79.6 Å². The Labute approximate surface area is 198 Å². The molecule has 0 bridgehead atoms. The second-order valence-electron chi connectivity index (χ2n) is 8.29. The van der Waals surface area contributed by atoms with Crippen molar-refractivity contribution < 1.29 is 4.74 Å². The highest BCUT2D eigenvalue weighted by Crippen LogP contribution is 2.17. The summed E-state index contributed by atoms with van der Waals surface area (Å²) in [5, 5.41) is 11.5. The molecule has 3 heterocycles. The average molecular weight is 534 g/mol. The highest BCUT2D eigenvalue weighted by Gasteiger charge is 2.22. The van der Waals surface area contributed by atoms with Crippen molar-refractivity contribution in [3.05, 3.63) is 11.6 Å². The maximum Gasteiger partial charge on any atom is 0.191 e. The van der Waals surface area contributed by atoms with Gasteiger partial charge in [0.2, 0.25) is 0 Å². The summed E-state index contributed by atoms with van der Waals surface area (Å²) in [6.07, 6.45) is 8.45. The fourth-order valence-electron chi connectivity index (χ4n) is 4.29. The molecule has 0 aliphatic carbocycles. The van der Waals surface area contributed by atoms with E-state index in [1.54, 1.807) is 7.11 Å². The Balaban J connectivity index is 0.00000320. The zero-order chi connectivity index (χ0) is 20.5. The molecule has 1 saturated heterocycles. The van der Waals surface area contributed by atoms with E-state index in [0.29, 0.717) is 12.6 Å². The van der Waals surface area contributed by atoms with Crippen LogP contribution >= 0.6 is 24.0 Å². The van der Waals surface area contributed by atoms with Crippen LogP contribution in [0.25, 0.3) is 0 Å². The highest BCUT2D eigenvalue weighted by atomic mass is 127. The molecule has 3 rings (SSSR count). The minimum absolute atomic E-state index is 0. The van der Waals surface area contributed by atoms with Gasteiger partial charge >= 0.3 is 0 Å². The lowest BCUT2D eigenvalue weighted by Crippen LogP contribution is -2.47. The van der Waals surface area contributed by atoms with Gasteiger partial charge in [-0.05, 0) is 59.0 Å². The summed E-state index contributed by atoms with van der Waals surface area (Å²) in [6.45, 7) is 10.00. The molecule has 1 fully saturated rings. The summed E-state index contributed by atoms with van der Waals surface area (Å²) in [4.78, 5) is 12.0. The number of fused-ring (bicyclic) bond motifs is 1. The molecular formula is C21H40IN7O. The van der Waals surface area contributed by atoms with E-state index in [9.17, 15) is 0 Å². The van der Waals surface area contributed by atoms with Crippen molar-refractivity contribution in [3.8, 4) is 0 Å². The number of aryl methyl sites for hydroxylation is 1. The number of ether oxygens (including phenoxy) is 1. The van der Waals surface area contributed by atoms with E-state index in [1.165, 1.54) is 38.8 Å². The Hall–Kier alpha value is -0.940.